The van der Waals surface area contributed by atoms with Gasteiger partial charge in [0.1, 0.15) is 17.4 Å². The molecule has 0 radical (unpaired) electrons. The zero-order valence-electron chi connectivity index (χ0n) is 23.1. The number of para-hydroxylation sites is 1. The van der Waals surface area contributed by atoms with E-state index in [-0.39, 0.29) is 34.9 Å². The average Bonchev–Trinajstić information content (AvgIpc) is 2.92. The lowest BCUT2D eigenvalue weighted by molar-refractivity contribution is -0.126. The molecule has 2 aromatic carbocycles. The van der Waals surface area contributed by atoms with Crippen molar-refractivity contribution in [2.45, 2.75) is 39.7 Å². The van der Waals surface area contributed by atoms with Crippen molar-refractivity contribution in [1.29, 1.82) is 0 Å². The first-order valence-corrected chi connectivity index (χ1v) is 13.3. The van der Waals surface area contributed by atoms with Crippen LogP contribution in [-0.2, 0) is 4.79 Å². The van der Waals surface area contributed by atoms with Gasteiger partial charge in [0.15, 0.2) is 5.65 Å². The summed E-state index contributed by atoms with van der Waals surface area (Å²) in [6, 6.07) is 13.4. The van der Waals surface area contributed by atoms with E-state index in [1.807, 2.05) is 56.0 Å². The number of aromatic nitrogens is 3. The van der Waals surface area contributed by atoms with Crippen LogP contribution in [0.15, 0.2) is 66.0 Å². The van der Waals surface area contributed by atoms with Crippen molar-refractivity contribution in [3.05, 3.63) is 88.6 Å². The maximum Gasteiger partial charge on any atom is 0.355 e. The number of hydrogen-bond acceptors (Lipinski definition) is 6. The van der Waals surface area contributed by atoms with Crippen molar-refractivity contribution in [3.8, 4) is 22.7 Å². The van der Waals surface area contributed by atoms with E-state index in [4.69, 9.17) is 4.98 Å². The molecule has 40 heavy (non-hydrogen) atoms. The van der Waals surface area contributed by atoms with E-state index in [9.17, 15) is 14.7 Å². The number of hydrogen-bond donors (Lipinski definition) is 1. The number of pyridine rings is 1. The van der Waals surface area contributed by atoms with Gasteiger partial charge < -0.3 is 14.9 Å². The normalized spacial score (nSPS) is 15.6. The molecule has 0 aliphatic carbocycles. The molecule has 0 saturated carbocycles. The van der Waals surface area contributed by atoms with Crippen LogP contribution in [0.2, 0.25) is 0 Å². The van der Waals surface area contributed by atoms with Gasteiger partial charge in [0, 0.05) is 25.7 Å². The van der Waals surface area contributed by atoms with Gasteiger partial charge >= 0.3 is 5.69 Å². The minimum Gasteiger partial charge on any atom is -0.507 e. The highest BCUT2D eigenvalue weighted by Crippen LogP contribution is 2.36. The number of fused-ring (bicyclic) bond motifs is 1. The zero-order valence-corrected chi connectivity index (χ0v) is 23.1. The van der Waals surface area contributed by atoms with Crippen LogP contribution in [0.1, 0.15) is 37.8 Å². The average molecular weight is 542 g/mol. The van der Waals surface area contributed by atoms with Crippen LogP contribution in [0.4, 0.5) is 10.2 Å². The number of aromatic hydroxyl groups is 1. The molecule has 0 spiro atoms. The van der Waals surface area contributed by atoms with Crippen LogP contribution in [0.5, 0.6) is 5.75 Å². The third kappa shape index (κ3) is 4.61. The highest BCUT2D eigenvalue weighted by molar-refractivity contribution is 5.92. The standard InChI is InChI=1S/C31H32FN5O3/c1-6-26(39)35-14-15-36(20(5)17-35)29-22-16-19(4)28(27-23(32)11-9-13-25(27)38)33-30(22)37(31(40)34-29)24-12-8-7-10-21(24)18(2)3/h6-13,16,18,20,38H,1,14-15,17H2,2-5H3/t20-/m0/s1. The van der Waals surface area contributed by atoms with Crippen LogP contribution >= 0.6 is 0 Å². The molecule has 5 rings (SSSR count). The van der Waals surface area contributed by atoms with E-state index >= 15 is 4.39 Å². The van der Waals surface area contributed by atoms with Gasteiger partial charge in [-0.2, -0.15) is 4.98 Å². The molecule has 3 heterocycles. The number of amides is 1. The van der Waals surface area contributed by atoms with Crippen molar-refractivity contribution in [2.75, 3.05) is 24.5 Å². The van der Waals surface area contributed by atoms with Crippen molar-refractivity contribution in [2.24, 2.45) is 0 Å². The number of rotatable bonds is 5. The summed E-state index contributed by atoms with van der Waals surface area (Å²) in [4.78, 5) is 39.2. The van der Waals surface area contributed by atoms with E-state index in [1.54, 1.807) is 11.8 Å². The van der Waals surface area contributed by atoms with Gasteiger partial charge in [0.2, 0.25) is 5.91 Å². The van der Waals surface area contributed by atoms with Crippen LogP contribution < -0.4 is 10.6 Å². The maximum atomic E-state index is 15.0. The summed E-state index contributed by atoms with van der Waals surface area (Å²) in [5, 5.41) is 11.2. The minimum atomic E-state index is -0.614. The molecule has 0 bridgehead atoms. The number of phenols is 1. The molecular weight excluding hydrogens is 509 g/mol. The number of anilines is 1. The molecule has 206 valence electrons. The molecule has 1 aliphatic rings. The molecule has 1 atom stereocenters. The van der Waals surface area contributed by atoms with Gasteiger partial charge in [-0.05, 0) is 61.2 Å². The number of nitrogens with zero attached hydrogens (tertiary/aromatic N) is 5. The van der Waals surface area contributed by atoms with E-state index < -0.39 is 11.5 Å². The summed E-state index contributed by atoms with van der Waals surface area (Å²) in [5.74, 6) is -0.434. The highest BCUT2D eigenvalue weighted by atomic mass is 19.1. The Morgan fingerprint density at radius 1 is 1.15 bits per heavy atom. The fourth-order valence-electron chi connectivity index (χ4n) is 5.45. The van der Waals surface area contributed by atoms with Gasteiger partial charge in [0.25, 0.3) is 0 Å². The Bertz CT molecular complexity index is 1680. The first-order valence-electron chi connectivity index (χ1n) is 13.3. The molecular formula is C31H32FN5O3. The van der Waals surface area contributed by atoms with Crippen molar-refractivity contribution in [1.82, 2.24) is 19.4 Å². The van der Waals surface area contributed by atoms with Crippen molar-refractivity contribution < 1.29 is 14.3 Å². The zero-order chi connectivity index (χ0) is 28.7. The van der Waals surface area contributed by atoms with Crippen molar-refractivity contribution >= 4 is 22.8 Å². The Labute approximate surface area is 232 Å². The fourth-order valence-corrected chi connectivity index (χ4v) is 5.45. The second-order valence-corrected chi connectivity index (χ2v) is 10.5. The quantitative estimate of drug-likeness (QED) is 0.360. The Kier molecular flexibility index (Phi) is 7.14. The molecule has 1 amide bonds. The fraction of sp³-hybridized carbons (Fsp3) is 0.290. The molecule has 1 saturated heterocycles. The number of carbonyl (C=O) groups excluding carboxylic acids is 1. The summed E-state index contributed by atoms with van der Waals surface area (Å²) in [6.45, 7) is 12.8. The summed E-state index contributed by atoms with van der Waals surface area (Å²) in [7, 11) is 0. The Morgan fingerprint density at radius 2 is 1.90 bits per heavy atom. The molecule has 9 heteroatoms. The molecule has 1 aliphatic heterocycles. The third-order valence-corrected chi connectivity index (χ3v) is 7.45. The summed E-state index contributed by atoms with van der Waals surface area (Å²) < 4.78 is 16.5. The lowest BCUT2D eigenvalue weighted by Gasteiger charge is -2.40. The monoisotopic (exact) mass is 541 g/mol. The number of piperazine rings is 1. The van der Waals surface area contributed by atoms with Crippen LogP contribution in [0.3, 0.4) is 0 Å². The number of carbonyl (C=O) groups is 1. The largest absolute Gasteiger partial charge is 0.507 e. The van der Waals surface area contributed by atoms with Crippen LogP contribution in [0, 0.1) is 12.7 Å². The first kappa shape index (κ1) is 27.1. The van der Waals surface area contributed by atoms with Gasteiger partial charge in [-0.3, -0.25) is 4.79 Å². The Balaban J connectivity index is 1.80. The Morgan fingerprint density at radius 3 is 2.58 bits per heavy atom. The number of benzene rings is 2. The smallest absolute Gasteiger partial charge is 0.355 e. The number of halogens is 1. The van der Waals surface area contributed by atoms with E-state index in [1.165, 1.54) is 28.8 Å². The second-order valence-electron chi connectivity index (χ2n) is 10.5. The van der Waals surface area contributed by atoms with Gasteiger partial charge in [-0.1, -0.05) is 44.7 Å². The van der Waals surface area contributed by atoms with Gasteiger partial charge in [-0.25, -0.2) is 18.7 Å². The second kappa shape index (κ2) is 10.6. The maximum absolute atomic E-state index is 15.0. The van der Waals surface area contributed by atoms with E-state index in [0.29, 0.717) is 47.7 Å². The SMILES string of the molecule is C=CC(=O)N1CCN(c2nc(=O)n(-c3ccccc3C(C)C)c3nc(-c4c(O)cccc4F)c(C)cc23)[C@@H](C)C1. The molecule has 0 unspecified atom stereocenters. The number of aryl methyl sites for hydroxylation is 1. The lowest BCUT2D eigenvalue weighted by Crippen LogP contribution is -2.54. The highest BCUT2D eigenvalue weighted by Gasteiger charge is 2.30. The van der Waals surface area contributed by atoms with Gasteiger partial charge in [0.05, 0.1) is 22.3 Å². The summed E-state index contributed by atoms with van der Waals surface area (Å²) in [5.41, 5.74) is 2.19. The lowest BCUT2D eigenvalue weighted by atomic mass is 10.0. The molecule has 2 aromatic heterocycles. The van der Waals surface area contributed by atoms with Gasteiger partial charge in [-0.15, -0.1) is 0 Å². The third-order valence-electron chi connectivity index (χ3n) is 7.45. The van der Waals surface area contributed by atoms with E-state index in [2.05, 4.69) is 11.6 Å². The summed E-state index contributed by atoms with van der Waals surface area (Å²) in [6.07, 6.45) is 1.30. The summed E-state index contributed by atoms with van der Waals surface area (Å²) >= 11 is 0. The van der Waals surface area contributed by atoms with Crippen LogP contribution in [0.25, 0.3) is 28.0 Å². The molecule has 1 fully saturated rings. The van der Waals surface area contributed by atoms with E-state index in [0.717, 1.165) is 5.56 Å². The molecule has 4 aromatic rings. The van der Waals surface area contributed by atoms with Crippen molar-refractivity contribution in [3.63, 3.8) is 0 Å². The molecule has 8 nitrogen and oxygen atoms in total. The minimum absolute atomic E-state index is 0.0266. The predicted octanol–water partition coefficient (Wildman–Crippen LogP) is 4.95. The first-order chi connectivity index (χ1) is 19.1. The molecule has 1 N–H and O–H groups in total. The topological polar surface area (TPSA) is 91.6 Å². The predicted molar refractivity (Wildman–Crippen MR) is 155 cm³/mol. The van der Waals surface area contributed by atoms with Crippen LogP contribution in [-0.4, -0.2) is 56.1 Å². The Hall–Kier alpha value is -4.53. The number of phenolic OH excluding ortho intramolecular Hbond substituents is 1.